The van der Waals surface area contributed by atoms with E-state index in [0.717, 1.165) is 16.0 Å². The van der Waals surface area contributed by atoms with Gasteiger partial charge in [0.05, 0.1) is 15.0 Å². The standard InChI is InChI=1S/C12H9BrN2S/c13-12-6-5-10(16-12)8-15-11-4-2-1-3-9(11)7-14/h1-6,15H,8H2. The molecule has 2 rings (SSSR count). The Hall–Kier alpha value is -1.31. The molecule has 0 fully saturated rings. The highest BCUT2D eigenvalue weighted by Gasteiger charge is 2.01. The lowest BCUT2D eigenvalue weighted by atomic mass is 10.2. The molecule has 0 spiro atoms. The normalized spacial score (nSPS) is 9.75. The number of anilines is 1. The van der Waals surface area contributed by atoms with E-state index < -0.39 is 0 Å². The maximum absolute atomic E-state index is 8.92. The van der Waals surface area contributed by atoms with Crippen molar-refractivity contribution in [3.05, 3.63) is 50.6 Å². The first-order chi connectivity index (χ1) is 7.79. The molecule has 2 nitrogen and oxygen atoms in total. The number of nitrogens with zero attached hydrogens (tertiary/aromatic N) is 1. The third-order valence-electron chi connectivity index (χ3n) is 2.13. The van der Waals surface area contributed by atoms with Gasteiger partial charge in [-0.25, -0.2) is 0 Å². The molecule has 0 aliphatic carbocycles. The van der Waals surface area contributed by atoms with Gasteiger partial charge in [0, 0.05) is 11.4 Å². The second kappa shape index (κ2) is 5.15. The quantitative estimate of drug-likeness (QED) is 0.928. The van der Waals surface area contributed by atoms with Gasteiger partial charge >= 0.3 is 0 Å². The van der Waals surface area contributed by atoms with E-state index in [2.05, 4.69) is 33.4 Å². The highest BCUT2D eigenvalue weighted by atomic mass is 79.9. The Kier molecular flexibility index (Phi) is 3.60. The topological polar surface area (TPSA) is 35.8 Å². The SMILES string of the molecule is N#Cc1ccccc1NCc1ccc(Br)s1. The molecule has 0 bridgehead atoms. The van der Waals surface area contributed by atoms with Crippen LogP contribution in [0.5, 0.6) is 0 Å². The Morgan fingerprint density at radius 2 is 2.06 bits per heavy atom. The van der Waals surface area contributed by atoms with Crippen molar-refractivity contribution in [1.82, 2.24) is 0 Å². The summed E-state index contributed by atoms with van der Waals surface area (Å²) in [6.45, 7) is 0.745. The number of benzene rings is 1. The van der Waals surface area contributed by atoms with Crippen LogP contribution in [0.25, 0.3) is 0 Å². The number of nitriles is 1. The van der Waals surface area contributed by atoms with E-state index in [1.54, 1.807) is 11.3 Å². The molecular weight excluding hydrogens is 284 g/mol. The summed E-state index contributed by atoms with van der Waals surface area (Å²) >= 11 is 5.12. The summed E-state index contributed by atoms with van der Waals surface area (Å²) in [6, 6.07) is 13.8. The van der Waals surface area contributed by atoms with Crippen LogP contribution in [0.3, 0.4) is 0 Å². The smallest absolute Gasteiger partial charge is 0.101 e. The van der Waals surface area contributed by atoms with Crippen LogP contribution < -0.4 is 5.32 Å². The number of rotatable bonds is 3. The van der Waals surface area contributed by atoms with E-state index in [4.69, 9.17) is 5.26 Å². The number of para-hydroxylation sites is 1. The maximum Gasteiger partial charge on any atom is 0.101 e. The van der Waals surface area contributed by atoms with E-state index >= 15 is 0 Å². The average molecular weight is 293 g/mol. The Morgan fingerprint density at radius 3 is 2.75 bits per heavy atom. The molecule has 1 aromatic heterocycles. The Bertz CT molecular complexity index is 528. The largest absolute Gasteiger partial charge is 0.379 e. The van der Waals surface area contributed by atoms with Gasteiger partial charge in [-0.15, -0.1) is 11.3 Å². The van der Waals surface area contributed by atoms with Gasteiger partial charge in [-0.05, 0) is 40.2 Å². The van der Waals surface area contributed by atoms with Crippen LogP contribution in [0.2, 0.25) is 0 Å². The molecule has 1 heterocycles. The van der Waals surface area contributed by atoms with Crippen molar-refractivity contribution in [2.24, 2.45) is 0 Å². The summed E-state index contributed by atoms with van der Waals surface area (Å²) in [5.41, 5.74) is 1.56. The molecule has 16 heavy (non-hydrogen) atoms. The molecule has 0 radical (unpaired) electrons. The van der Waals surface area contributed by atoms with Crippen LogP contribution in [0, 0.1) is 11.3 Å². The van der Waals surface area contributed by atoms with Gasteiger partial charge < -0.3 is 5.32 Å². The molecule has 0 aliphatic rings. The fourth-order valence-corrected chi connectivity index (χ4v) is 2.79. The van der Waals surface area contributed by atoms with Crippen LogP contribution in [0.4, 0.5) is 5.69 Å². The first-order valence-corrected chi connectivity index (χ1v) is 6.38. The molecule has 1 N–H and O–H groups in total. The van der Waals surface area contributed by atoms with E-state index in [9.17, 15) is 0 Å². The van der Waals surface area contributed by atoms with Crippen molar-refractivity contribution in [2.75, 3.05) is 5.32 Å². The summed E-state index contributed by atoms with van der Waals surface area (Å²) in [6.07, 6.45) is 0. The van der Waals surface area contributed by atoms with Gasteiger partial charge in [0.2, 0.25) is 0 Å². The molecule has 0 amide bonds. The number of hydrogen-bond donors (Lipinski definition) is 1. The molecule has 0 unspecified atom stereocenters. The molecule has 0 saturated carbocycles. The fourth-order valence-electron chi connectivity index (χ4n) is 1.36. The van der Waals surface area contributed by atoms with Crippen LogP contribution in [-0.4, -0.2) is 0 Å². The minimum atomic E-state index is 0.679. The first kappa shape index (κ1) is 11.2. The van der Waals surface area contributed by atoms with Gasteiger partial charge in [-0.3, -0.25) is 0 Å². The van der Waals surface area contributed by atoms with Gasteiger partial charge in [0.1, 0.15) is 6.07 Å². The summed E-state index contributed by atoms with van der Waals surface area (Å²) in [7, 11) is 0. The first-order valence-electron chi connectivity index (χ1n) is 4.77. The van der Waals surface area contributed by atoms with E-state index in [1.807, 2.05) is 30.3 Å². The molecule has 80 valence electrons. The van der Waals surface area contributed by atoms with E-state index in [1.165, 1.54) is 4.88 Å². The second-order valence-corrected chi connectivity index (χ2v) is 5.76. The number of hydrogen-bond acceptors (Lipinski definition) is 3. The average Bonchev–Trinajstić information content (AvgIpc) is 2.73. The minimum Gasteiger partial charge on any atom is -0.379 e. The van der Waals surface area contributed by atoms with Crippen molar-refractivity contribution < 1.29 is 0 Å². The Morgan fingerprint density at radius 1 is 1.25 bits per heavy atom. The third kappa shape index (κ3) is 2.63. The molecule has 0 atom stereocenters. The minimum absolute atomic E-state index is 0.679. The number of halogens is 1. The van der Waals surface area contributed by atoms with Crippen molar-refractivity contribution >= 4 is 33.0 Å². The highest BCUT2D eigenvalue weighted by Crippen LogP contribution is 2.23. The molecule has 0 saturated heterocycles. The lowest BCUT2D eigenvalue weighted by molar-refractivity contribution is 1.19. The van der Waals surface area contributed by atoms with Crippen molar-refractivity contribution in [1.29, 1.82) is 5.26 Å². The van der Waals surface area contributed by atoms with Gasteiger partial charge in [-0.1, -0.05) is 12.1 Å². The van der Waals surface area contributed by atoms with Crippen LogP contribution >= 0.6 is 27.3 Å². The molecule has 1 aromatic carbocycles. The van der Waals surface area contributed by atoms with Crippen molar-refractivity contribution in [2.45, 2.75) is 6.54 Å². The lowest BCUT2D eigenvalue weighted by Crippen LogP contribution is -1.99. The number of thiophene rings is 1. The second-order valence-electron chi connectivity index (χ2n) is 3.22. The zero-order valence-corrected chi connectivity index (χ0v) is 10.8. The van der Waals surface area contributed by atoms with Crippen molar-refractivity contribution in [3.8, 4) is 6.07 Å². The summed E-state index contributed by atoms with van der Waals surface area (Å²) < 4.78 is 1.12. The summed E-state index contributed by atoms with van der Waals surface area (Å²) in [5.74, 6) is 0. The molecule has 4 heteroatoms. The Balaban J connectivity index is 2.08. The zero-order chi connectivity index (χ0) is 11.4. The van der Waals surface area contributed by atoms with Gasteiger partial charge in [0.15, 0.2) is 0 Å². The predicted molar refractivity (Wildman–Crippen MR) is 70.5 cm³/mol. The summed E-state index contributed by atoms with van der Waals surface area (Å²) in [4.78, 5) is 1.24. The van der Waals surface area contributed by atoms with E-state index in [-0.39, 0.29) is 0 Å². The van der Waals surface area contributed by atoms with Gasteiger partial charge in [-0.2, -0.15) is 5.26 Å². The monoisotopic (exact) mass is 292 g/mol. The third-order valence-corrected chi connectivity index (χ3v) is 3.75. The van der Waals surface area contributed by atoms with Crippen LogP contribution in [0.1, 0.15) is 10.4 Å². The summed E-state index contributed by atoms with van der Waals surface area (Å²) in [5, 5.41) is 12.2. The van der Waals surface area contributed by atoms with E-state index in [0.29, 0.717) is 5.56 Å². The number of nitrogens with one attached hydrogen (secondary N) is 1. The zero-order valence-electron chi connectivity index (χ0n) is 8.40. The maximum atomic E-state index is 8.92. The van der Waals surface area contributed by atoms with Crippen LogP contribution in [0.15, 0.2) is 40.2 Å². The molecule has 2 aromatic rings. The van der Waals surface area contributed by atoms with Crippen LogP contribution in [-0.2, 0) is 6.54 Å². The van der Waals surface area contributed by atoms with Gasteiger partial charge in [0.25, 0.3) is 0 Å². The fraction of sp³-hybridized carbons (Fsp3) is 0.0833. The molecule has 0 aliphatic heterocycles. The molecular formula is C12H9BrN2S. The lowest BCUT2D eigenvalue weighted by Gasteiger charge is -2.05. The highest BCUT2D eigenvalue weighted by molar-refractivity contribution is 9.11. The predicted octanol–water partition coefficient (Wildman–Crippen LogP) is 3.99. The van der Waals surface area contributed by atoms with Crippen molar-refractivity contribution in [3.63, 3.8) is 0 Å². The Labute approximate surface area is 107 Å².